The van der Waals surface area contributed by atoms with Crippen LogP contribution in [0.3, 0.4) is 0 Å². The lowest BCUT2D eigenvalue weighted by Crippen LogP contribution is -2.47. The lowest BCUT2D eigenvalue weighted by atomic mass is 9.73. The molecule has 0 unspecified atom stereocenters. The molecule has 1 saturated heterocycles. The highest BCUT2D eigenvalue weighted by molar-refractivity contribution is 6.30. The maximum Gasteiger partial charge on any atom is 0.238 e. The van der Waals surface area contributed by atoms with Crippen LogP contribution in [-0.4, -0.2) is 50.6 Å². The van der Waals surface area contributed by atoms with Gasteiger partial charge in [0.1, 0.15) is 0 Å². The van der Waals surface area contributed by atoms with Crippen molar-refractivity contribution in [3.8, 4) is 0 Å². The molecule has 0 aliphatic carbocycles. The Morgan fingerprint density at radius 3 is 2.53 bits per heavy atom. The van der Waals surface area contributed by atoms with E-state index in [1.54, 1.807) is 0 Å². The summed E-state index contributed by atoms with van der Waals surface area (Å²) in [4.78, 5) is 27.1. The first-order valence-electron chi connectivity index (χ1n) is 10.0. The summed E-state index contributed by atoms with van der Waals surface area (Å²) < 4.78 is 5.51. The van der Waals surface area contributed by atoms with E-state index in [0.717, 1.165) is 11.1 Å². The van der Waals surface area contributed by atoms with Gasteiger partial charge in [0.15, 0.2) is 0 Å². The molecule has 1 fully saturated rings. The lowest BCUT2D eigenvalue weighted by molar-refractivity contribution is -0.130. The Hall–Kier alpha value is -2.41. The van der Waals surface area contributed by atoms with Crippen LogP contribution in [0.4, 0.5) is 5.69 Å². The van der Waals surface area contributed by atoms with E-state index in [0.29, 0.717) is 49.9 Å². The molecular formula is C23H28ClN3O3. The standard InChI is InChI=1S/C23H28ClN3O3/c1-27(2)16-21(28)26-20-8-3-5-17(13-20)15-25-22(29)23(9-11-30-12-10-23)18-6-4-7-19(24)14-18/h3-8,13-14H,9-12,15-16H2,1-2H3,(H,25,29)(H,26,28). The Balaban J connectivity index is 1.70. The SMILES string of the molecule is CN(C)CC(=O)Nc1cccc(CNC(=O)C2(c3cccc(Cl)c3)CCOCC2)c1. The van der Waals surface area contributed by atoms with Crippen LogP contribution in [0.15, 0.2) is 48.5 Å². The molecule has 1 aliphatic heterocycles. The van der Waals surface area contributed by atoms with E-state index in [4.69, 9.17) is 16.3 Å². The molecule has 160 valence electrons. The number of anilines is 1. The Morgan fingerprint density at radius 2 is 1.83 bits per heavy atom. The quantitative estimate of drug-likeness (QED) is 0.709. The average Bonchev–Trinajstić information content (AvgIpc) is 2.72. The fourth-order valence-corrected chi connectivity index (χ4v) is 3.94. The summed E-state index contributed by atoms with van der Waals surface area (Å²) in [6.07, 6.45) is 1.22. The lowest BCUT2D eigenvalue weighted by Gasteiger charge is -2.36. The molecule has 2 aromatic carbocycles. The van der Waals surface area contributed by atoms with Gasteiger partial charge in [0.25, 0.3) is 0 Å². The van der Waals surface area contributed by atoms with Crippen LogP contribution in [0.5, 0.6) is 0 Å². The Kier molecular flexibility index (Phi) is 7.48. The molecular weight excluding hydrogens is 402 g/mol. The maximum absolute atomic E-state index is 13.3. The number of nitrogens with zero attached hydrogens (tertiary/aromatic N) is 1. The van der Waals surface area contributed by atoms with Gasteiger partial charge in [-0.25, -0.2) is 0 Å². The third kappa shape index (κ3) is 5.59. The van der Waals surface area contributed by atoms with Gasteiger partial charge in [0, 0.05) is 30.5 Å². The molecule has 1 aliphatic rings. The number of benzene rings is 2. The number of hydrogen-bond donors (Lipinski definition) is 2. The smallest absolute Gasteiger partial charge is 0.238 e. The van der Waals surface area contributed by atoms with E-state index in [-0.39, 0.29) is 11.8 Å². The average molecular weight is 430 g/mol. The number of halogens is 1. The Morgan fingerprint density at radius 1 is 1.10 bits per heavy atom. The van der Waals surface area contributed by atoms with Crippen LogP contribution in [0.1, 0.15) is 24.0 Å². The summed E-state index contributed by atoms with van der Waals surface area (Å²) in [7, 11) is 3.69. The maximum atomic E-state index is 13.3. The van der Waals surface area contributed by atoms with Crippen molar-refractivity contribution in [1.82, 2.24) is 10.2 Å². The first-order chi connectivity index (χ1) is 14.4. The van der Waals surface area contributed by atoms with Gasteiger partial charge in [0.05, 0.1) is 12.0 Å². The van der Waals surface area contributed by atoms with Crippen molar-refractivity contribution in [1.29, 1.82) is 0 Å². The molecule has 6 nitrogen and oxygen atoms in total. The summed E-state index contributed by atoms with van der Waals surface area (Å²) in [5, 5.41) is 6.58. The highest BCUT2D eigenvalue weighted by atomic mass is 35.5. The molecule has 0 bridgehead atoms. The summed E-state index contributed by atoms with van der Waals surface area (Å²) in [6.45, 7) is 1.76. The summed E-state index contributed by atoms with van der Waals surface area (Å²) in [5.41, 5.74) is 1.89. The fourth-order valence-electron chi connectivity index (χ4n) is 3.75. The molecule has 0 radical (unpaired) electrons. The topological polar surface area (TPSA) is 70.7 Å². The molecule has 2 N–H and O–H groups in total. The van der Waals surface area contributed by atoms with Crippen LogP contribution in [0.25, 0.3) is 0 Å². The van der Waals surface area contributed by atoms with Gasteiger partial charge in [0.2, 0.25) is 11.8 Å². The van der Waals surface area contributed by atoms with Crippen LogP contribution >= 0.6 is 11.6 Å². The van der Waals surface area contributed by atoms with Crippen molar-refractivity contribution in [2.75, 3.05) is 39.2 Å². The Labute approximate surface area is 182 Å². The highest BCUT2D eigenvalue weighted by Crippen LogP contribution is 2.36. The fraction of sp³-hybridized carbons (Fsp3) is 0.391. The summed E-state index contributed by atoms with van der Waals surface area (Å²) in [6, 6.07) is 15.0. The predicted molar refractivity (Wildman–Crippen MR) is 119 cm³/mol. The first kappa shape index (κ1) is 22.3. The van der Waals surface area contributed by atoms with E-state index in [2.05, 4.69) is 10.6 Å². The number of likely N-dealkylation sites (N-methyl/N-ethyl adjacent to an activating group) is 1. The number of hydrogen-bond acceptors (Lipinski definition) is 4. The second kappa shape index (κ2) is 10.1. The van der Waals surface area contributed by atoms with Crippen molar-refractivity contribution in [2.45, 2.75) is 24.8 Å². The van der Waals surface area contributed by atoms with Crippen LogP contribution < -0.4 is 10.6 Å². The van der Waals surface area contributed by atoms with E-state index >= 15 is 0 Å². The molecule has 2 aromatic rings. The molecule has 0 aromatic heterocycles. The number of carbonyl (C=O) groups is 2. The number of rotatable bonds is 7. The van der Waals surface area contributed by atoms with Gasteiger partial charge < -0.3 is 20.3 Å². The van der Waals surface area contributed by atoms with Gasteiger partial charge >= 0.3 is 0 Å². The molecule has 30 heavy (non-hydrogen) atoms. The van der Waals surface area contributed by atoms with E-state index in [9.17, 15) is 9.59 Å². The van der Waals surface area contributed by atoms with Crippen molar-refractivity contribution in [2.24, 2.45) is 0 Å². The molecule has 0 saturated carbocycles. The van der Waals surface area contributed by atoms with Crippen molar-refractivity contribution in [3.05, 3.63) is 64.7 Å². The van der Waals surface area contributed by atoms with Crippen LogP contribution in [0, 0.1) is 0 Å². The monoisotopic (exact) mass is 429 g/mol. The van der Waals surface area contributed by atoms with Gasteiger partial charge in [-0.05, 0) is 62.3 Å². The Bertz CT molecular complexity index is 895. The highest BCUT2D eigenvalue weighted by Gasteiger charge is 2.41. The van der Waals surface area contributed by atoms with E-state index in [1.807, 2.05) is 67.5 Å². The second-order valence-electron chi connectivity index (χ2n) is 7.87. The van der Waals surface area contributed by atoms with E-state index in [1.165, 1.54) is 0 Å². The van der Waals surface area contributed by atoms with Crippen LogP contribution in [-0.2, 0) is 26.3 Å². The van der Waals surface area contributed by atoms with Crippen molar-refractivity contribution < 1.29 is 14.3 Å². The van der Waals surface area contributed by atoms with E-state index < -0.39 is 5.41 Å². The zero-order valence-electron chi connectivity index (χ0n) is 17.4. The number of ether oxygens (including phenoxy) is 1. The minimum Gasteiger partial charge on any atom is -0.381 e. The number of nitrogens with one attached hydrogen (secondary N) is 2. The molecule has 3 rings (SSSR count). The molecule has 7 heteroatoms. The molecule has 0 atom stereocenters. The third-order valence-electron chi connectivity index (χ3n) is 5.28. The minimum atomic E-state index is -0.652. The zero-order chi connectivity index (χ0) is 21.6. The van der Waals surface area contributed by atoms with Crippen molar-refractivity contribution in [3.63, 3.8) is 0 Å². The first-order valence-corrected chi connectivity index (χ1v) is 10.4. The van der Waals surface area contributed by atoms with Gasteiger partial charge in [-0.1, -0.05) is 35.9 Å². The molecule has 0 spiro atoms. The van der Waals surface area contributed by atoms with Gasteiger partial charge in [-0.15, -0.1) is 0 Å². The third-order valence-corrected chi connectivity index (χ3v) is 5.52. The zero-order valence-corrected chi connectivity index (χ0v) is 18.2. The normalized spacial score (nSPS) is 15.6. The number of amides is 2. The minimum absolute atomic E-state index is 0.0323. The molecule has 1 heterocycles. The predicted octanol–water partition coefficient (Wildman–Crippen LogP) is 3.20. The number of carbonyl (C=O) groups excluding carboxylic acids is 2. The summed E-state index contributed by atoms with van der Waals surface area (Å²) in [5.74, 6) is -0.113. The second-order valence-corrected chi connectivity index (χ2v) is 8.31. The van der Waals surface area contributed by atoms with Gasteiger partial charge in [-0.2, -0.15) is 0 Å². The van der Waals surface area contributed by atoms with Gasteiger partial charge in [-0.3, -0.25) is 9.59 Å². The largest absolute Gasteiger partial charge is 0.381 e. The van der Waals surface area contributed by atoms with Crippen molar-refractivity contribution >= 4 is 29.1 Å². The summed E-state index contributed by atoms with van der Waals surface area (Å²) >= 11 is 6.19. The molecule has 2 amide bonds. The van der Waals surface area contributed by atoms with Crippen LogP contribution in [0.2, 0.25) is 5.02 Å².